The van der Waals surface area contributed by atoms with Gasteiger partial charge in [0.25, 0.3) is 0 Å². The highest BCUT2D eigenvalue weighted by Gasteiger charge is 2.31. The van der Waals surface area contributed by atoms with Crippen molar-refractivity contribution in [2.75, 3.05) is 37.6 Å². The van der Waals surface area contributed by atoms with Crippen molar-refractivity contribution >= 4 is 16.8 Å². The molecule has 8 heteroatoms. The normalized spacial score (nSPS) is 15.8. The van der Waals surface area contributed by atoms with Crippen molar-refractivity contribution in [1.29, 1.82) is 0 Å². The molecule has 0 radical (unpaired) electrons. The molecule has 2 heterocycles. The van der Waals surface area contributed by atoms with E-state index in [4.69, 9.17) is 4.42 Å². The summed E-state index contributed by atoms with van der Waals surface area (Å²) in [5.74, 6) is -0.360. The molecule has 5 nitrogen and oxygen atoms in total. The lowest BCUT2D eigenvalue weighted by molar-refractivity contribution is -0.137. The summed E-state index contributed by atoms with van der Waals surface area (Å²) in [5, 5.41) is 0. The first-order valence-corrected chi connectivity index (χ1v) is 10.0. The number of alkyl halides is 3. The minimum absolute atomic E-state index is 0.360. The molecule has 1 aromatic heterocycles. The number of rotatable bonds is 5. The van der Waals surface area contributed by atoms with Gasteiger partial charge in [-0.25, -0.2) is 4.79 Å². The molecule has 4 rings (SSSR count). The lowest BCUT2D eigenvalue weighted by atomic mass is 10.1. The topological polar surface area (TPSA) is 41.6 Å². The van der Waals surface area contributed by atoms with Crippen LogP contribution in [0.15, 0.2) is 51.7 Å². The van der Waals surface area contributed by atoms with Gasteiger partial charge in [-0.05, 0) is 55.3 Å². The molecule has 0 amide bonds. The number of aryl methyl sites for hydroxylation is 2. The summed E-state index contributed by atoms with van der Waals surface area (Å²) >= 11 is 0. The van der Waals surface area contributed by atoms with Crippen LogP contribution in [0.2, 0.25) is 0 Å². The molecule has 0 N–H and O–H groups in total. The van der Waals surface area contributed by atoms with E-state index in [1.807, 2.05) is 23.1 Å². The number of hydrogen-bond acceptors (Lipinski definition) is 4. The Morgan fingerprint density at radius 3 is 2.53 bits per heavy atom. The third-order valence-corrected chi connectivity index (χ3v) is 5.71. The molecule has 1 aliphatic heterocycles. The van der Waals surface area contributed by atoms with E-state index in [1.165, 1.54) is 16.7 Å². The summed E-state index contributed by atoms with van der Waals surface area (Å²) in [6, 6.07) is 11.4. The number of piperazine rings is 1. The van der Waals surface area contributed by atoms with Gasteiger partial charge in [0.2, 0.25) is 0 Å². The van der Waals surface area contributed by atoms with Gasteiger partial charge in [-0.1, -0.05) is 12.1 Å². The van der Waals surface area contributed by atoms with E-state index in [0.717, 1.165) is 49.6 Å². The molecule has 1 saturated heterocycles. The van der Waals surface area contributed by atoms with Crippen LogP contribution < -0.4 is 10.7 Å². The zero-order chi connectivity index (χ0) is 21.3. The van der Waals surface area contributed by atoms with E-state index in [-0.39, 0.29) is 5.76 Å². The standard InChI is InChI=1S/C22H24F3N3O2/c1-26-19-8-7-16(14-20(19)30-21(26)29)4-3-9-27-10-12-28(13-11-27)18-6-2-5-17(15-18)22(23,24)25/h2,5-8,14-15H,3-4,9-13H2,1H3. The van der Waals surface area contributed by atoms with Crippen LogP contribution in [-0.4, -0.2) is 42.2 Å². The molecule has 0 atom stereocenters. The second-order valence-electron chi connectivity index (χ2n) is 7.71. The fourth-order valence-electron chi connectivity index (χ4n) is 3.95. The quantitative estimate of drug-likeness (QED) is 0.629. The van der Waals surface area contributed by atoms with Gasteiger partial charge in [0.05, 0.1) is 11.1 Å². The number of aromatic nitrogens is 1. The van der Waals surface area contributed by atoms with Crippen LogP contribution in [0.3, 0.4) is 0 Å². The van der Waals surface area contributed by atoms with Crippen molar-refractivity contribution in [2.45, 2.75) is 19.0 Å². The second kappa shape index (κ2) is 8.18. The predicted octanol–water partition coefficient (Wildman–Crippen LogP) is 3.91. The van der Waals surface area contributed by atoms with Crippen molar-refractivity contribution in [1.82, 2.24) is 9.47 Å². The number of oxazole rings is 1. The maximum Gasteiger partial charge on any atom is 0.419 e. The minimum atomic E-state index is -4.32. The van der Waals surface area contributed by atoms with Gasteiger partial charge in [-0.2, -0.15) is 13.2 Å². The van der Waals surface area contributed by atoms with E-state index in [2.05, 4.69) is 4.90 Å². The Morgan fingerprint density at radius 2 is 1.80 bits per heavy atom. The van der Waals surface area contributed by atoms with E-state index in [9.17, 15) is 18.0 Å². The van der Waals surface area contributed by atoms with Crippen LogP contribution in [0.5, 0.6) is 0 Å². The average Bonchev–Trinajstić information content (AvgIpc) is 3.01. The highest BCUT2D eigenvalue weighted by Crippen LogP contribution is 2.31. The van der Waals surface area contributed by atoms with Gasteiger partial charge in [-0.3, -0.25) is 9.47 Å². The Morgan fingerprint density at radius 1 is 1.03 bits per heavy atom. The van der Waals surface area contributed by atoms with Crippen LogP contribution in [0.4, 0.5) is 18.9 Å². The molecule has 0 bridgehead atoms. The zero-order valence-corrected chi connectivity index (χ0v) is 16.8. The maximum absolute atomic E-state index is 12.9. The van der Waals surface area contributed by atoms with Crippen LogP contribution >= 0.6 is 0 Å². The molecule has 30 heavy (non-hydrogen) atoms. The van der Waals surface area contributed by atoms with Crippen molar-refractivity contribution < 1.29 is 17.6 Å². The first-order chi connectivity index (χ1) is 14.3. The average molecular weight is 419 g/mol. The van der Waals surface area contributed by atoms with Gasteiger partial charge >= 0.3 is 11.9 Å². The molecule has 3 aromatic rings. The Kier molecular flexibility index (Phi) is 5.60. The fourth-order valence-corrected chi connectivity index (χ4v) is 3.95. The molecule has 0 unspecified atom stereocenters. The first kappa shape index (κ1) is 20.5. The summed E-state index contributed by atoms with van der Waals surface area (Å²) in [6.45, 7) is 3.99. The van der Waals surface area contributed by atoms with E-state index < -0.39 is 11.7 Å². The maximum atomic E-state index is 12.9. The van der Waals surface area contributed by atoms with E-state index >= 15 is 0 Å². The van der Waals surface area contributed by atoms with Crippen LogP contribution in [-0.2, 0) is 19.6 Å². The third kappa shape index (κ3) is 4.38. The first-order valence-electron chi connectivity index (χ1n) is 10.0. The summed E-state index contributed by atoms with van der Waals surface area (Å²) < 4.78 is 45.5. The molecule has 0 spiro atoms. The highest BCUT2D eigenvalue weighted by atomic mass is 19.4. The molecule has 1 fully saturated rings. The predicted molar refractivity (Wildman–Crippen MR) is 110 cm³/mol. The number of benzene rings is 2. The number of anilines is 1. The molecule has 2 aromatic carbocycles. The van der Waals surface area contributed by atoms with Crippen molar-refractivity contribution in [3.63, 3.8) is 0 Å². The van der Waals surface area contributed by atoms with Crippen molar-refractivity contribution in [3.8, 4) is 0 Å². The summed E-state index contributed by atoms with van der Waals surface area (Å²) in [7, 11) is 1.69. The molecule has 0 saturated carbocycles. The monoisotopic (exact) mass is 419 g/mol. The van der Waals surface area contributed by atoms with Crippen LogP contribution in [0.25, 0.3) is 11.1 Å². The summed E-state index contributed by atoms with van der Waals surface area (Å²) in [6.07, 6.45) is -2.47. The smallest absolute Gasteiger partial charge is 0.408 e. The minimum Gasteiger partial charge on any atom is -0.408 e. The molecule has 1 aliphatic rings. The van der Waals surface area contributed by atoms with Gasteiger partial charge in [0, 0.05) is 38.9 Å². The van der Waals surface area contributed by atoms with Gasteiger partial charge in [0.15, 0.2) is 5.58 Å². The number of hydrogen-bond donors (Lipinski definition) is 0. The molecular weight excluding hydrogens is 395 g/mol. The Labute approximate surface area is 172 Å². The van der Waals surface area contributed by atoms with Gasteiger partial charge in [0.1, 0.15) is 0 Å². The number of nitrogens with zero attached hydrogens (tertiary/aromatic N) is 3. The largest absolute Gasteiger partial charge is 0.419 e. The second-order valence-corrected chi connectivity index (χ2v) is 7.71. The third-order valence-electron chi connectivity index (χ3n) is 5.71. The Hall–Kier alpha value is -2.74. The van der Waals surface area contributed by atoms with E-state index in [0.29, 0.717) is 24.4 Å². The molecule has 160 valence electrons. The van der Waals surface area contributed by atoms with E-state index in [1.54, 1.807) is 13.1 Å². The summed E-state index contributed by atoms with van der Waals surface area (Å²) in [5.41, 5.74) is 2.54. The lowest BCUT2D eigenvalue weighted by Crippen LogP contribution is -2.46. The lowest BCUT2D eigenvalue weighted by Gasteiger charge is -2.36. The Bertz CT molecular complexity index is 1080. The number of halogens is 3. The zero-order valence-electron chi connectivity index (χ0n) is 16.8. The summed E-state index contributed by atoms with van der Waals surface area (Å²) in [4.78, 5) is 15.9. The molecule has 0 aliphatic carbocycles. The highest BCUT2D eigenvalue weighted by molar-refractivity contribution is 5.73. The number of fused-ring (bicyclic) bond motifs is 1. The van der Waals surface area contributed by atoms with Gasteiger partial charge < -0.3 is 9.32 Å². The fraction of sp³-hybridized carbons (Fsp3) is 0.409. The molecular formula is C22H24F3N3O2. The SMILES string of the molecule is Cn1c(=O)oc2cc(CCCN3CCN(c4cccc(C(F)(F)F)c4)CC3)ccc21. The van der Waals surface area contributed by atoms with Crippen molar-refractivity contribution in [2.24, 2.45) is 7.05 Å². The van der Waals surface area contributed by atoms with Crippen molar-refractivity contribution in [3.05, 3.63) is 64.1 Å². The van der Waals surface area contributed by atoms with Crippen LogP contribution in [0.1, 0.15) is 17.5 Å². The van der Waals surface area contributed by atoms with Gasteiger partial charge in [-0.15, -0.1) is 0 Å². The van der Waals surface area contributed by atoms with Crippen LogP contribution in [0, 0.1) is 0 Å². The Balaban J connectivity index is 1.28.